The molecule has 3 aromatic rings. The lowest BCUT2D eigenvalue weighted by Gasteiger charge is -2.25. The Kier molecular flexibility index (Phi) is 4.52. The normalized spacial score (nSPS) is 23.5. The van der Waals surface area contributed by atoms with Crippen LogP contribution in [0.1, 0.15) is 43.7 Å². The number of carbonyl (C=O) groups excluding carboxylic acids is 1. The molecule has 10 nitrogen and oxygen atoms in total. The van der Waals surface area contributed by atoms with Crippen molar-refractivity contribution in [2.75, 3.05) is 29.9 Å². The molecule has 3 fully saturated rings. The van der Waals surface area contributed by atoms with Crippen LogP contribution in [0.3, 0.4) is 0 Å². The number of hydrogen-bond acceptors (Lipinski definition) is 7. The topological polar surface area (TPSA) is 115 Å². The van der Waals surface area contributed by atoms with Crippen LogP contribution in [0.25, 0.3) is 5.52 Å². The summed E-state index contributed by atoms with van der Waals surface area (Å²) < 4.78 is 1.81. The van der Waals surface area contributed by atoms with E-state index in [9.17, 15) is 4.79 Å². The Morgan fingerprint density at radius 2 is 2.16 bits per heavy atom. The number of carbonyl (C=O) groups is 1. The monoisotopic (exact) mass is 421 g/mol. The van der Waals surface area contributed by atoms with E-state index in [0.717, 1.165) is 50.2 Å². The predicted octanol–water partition coefficient (Wildman–Crippen LogP) is 1.52. The molecule has 5 heterocycles. The molecule has 0 spiro atoms. The van der Waals surface area contributed by atoms with E-state index in [1.54, 1.807) is 0 Å². The van der Waals surface area contributed by atoms with Gasteiger partial charge < -0.3 is 20.9 Å². The number of aromatic amines is 1. The molecule has 0 bridgehead atoms. The molecule has 3 aliphatic rings. The van der Waals surface area contributed by atoms with Gasteiger partial charge in [0.1, 0.15) is 11.6 Å². The number of amides is 1. The molecular formula is C21H27N9O. The standard InChI is InChI=1S/C21H27N9O/c31-20(23-14-7-8-22-12-14)17-4-1-9-29(17)21-25-19(16-3-2-10-30(16)28-21)24-18-11-15(26-27-18)13-5-6-13/h2-3,10-11,13-14,17,22H,1,4-9,12H2,(H,23,31)(H2,24,25,26,27,28)/t14-,17?/m1/s1. The van der Waals surface area contributed by atoms with Crippen LogP contribution in [0.2, 0.25) is 0 Å². The first kappa shape index (κ1) is 18.6. The van der Waals surface area contributed by atoms with Crippen LogP contribution >= 0.6 is 0 Å². The van der Waals surface area contributed by atoms with Gasteiger partial charge in [-0.05, 0) is 50.8 Å². The average molecular weight is 422 g/mol. The van der Waals surface area contributed by atoms with Crippen molar-refractivity contribution in [1.82, 2.24) is 35.4 Å². The number of fused-ring (bicyclic) bond motifs is 1. The fourth-order valence-corrected chi connectivity index (χ4v) is 4.62. The van der Waals surface area contributed by atoms with Gasteiger partial charge in [-0.2, -0.15) is 10.1 Å². The van der Waals surface area contributed by atoms with Gasteiger partial charge in [0.05, 0.1) is 0 Å². The zero-order valence-corrected chi connectivity index (χ0v) is 17.3. The smallest absolute Gasteiger partial charge is 0.246 e. The molecular weight excluding hydrogens is 394 g/mol. The maximum absolute atomic E-state index is 13.0. The molecule has 1 unspecified atom stereocenters. The predicted molar refractivity (Wildman–Crippen MR) is 117 cm³/mol. The number of aromatic nitrogens is 5. The third-order valence-electron chi connectivity index (χ3n) is 6.46. The molecule has 1 amide bonds. The van der Waals surface area contributed by atoms with Gasteiger partial charge in [-0.25, -0.2) is 4.52 Å². The molecule has 2 aliphatic heterocycles. The molecule has 0 radical (unpaired) electrons. The van der Waals surface area contributed by atoms with Gasteiger partial charge in [0.2, 0.25) is 11.9 Å². The summed E-state index contributed by atoms with van der Waals surface area (Å²) in [6.45, 7) is 2.56. The SMILES string of the molecule is O=C(N[C@@H]1CCNC1)C1CCCN1c1nc(Nc2cc(C3CC3)[nH]n2)c2cccn2n1. The van der Waals surface area contributed by atoms with E-state index in [0.29, 0.717) is 17.7 Å². The van der Waals surface area contributed by atoms with Gasteiger partial charge in [0.25, 0.3) is 0 Å². The molecule has 2 atom stereocenters. The fourth-order valence-electron chi connectivity index (χ4n) is 4.62. The Balaban J connectivity index is 1.27. The second-order valence-electron chi connectivity index (χ2n) is 8.76. The molecule has 4 N–H and O–H groups in total. The average Bonchev–Trinajstić information content (AvgIpc) is 3.27. The molecule has 10 heteroatoms. The molecule has 1 saturated carbocycles. The summed E-state index contributed by atoms with van der Waals surface area (Å²) in [6.07, 6.45) is 7.08. The highest BCUT2D eigenvalue weighted by atomic mass is 16.2. The van der Waals surface area contributed by atoms with Crippen LogP contribution in [-0.4, -0.2) is 62.4 Å². The maximum Gasteiger partial charge on any atom is 0.246 e. The first-order valence-electron chi connectivity index (χ1n) is 11.2. The van der Waals surface area contributed by atoms with E-state index in [4.69, 9.17) is 10.1 Å². The van der Waals surface area contributed by atoms with Gasteiger partial charge in [-0.1, -0.05) is 0 Å². The van der Waals surface area contributed by atoms with Gasteiger partial charge in [-0.15, -0.1) is 5.10 Å². The van der Waals surface area contributed by atoms with Crippen LogP contribution in [0.15, 0.2) is 24.4 Å². The van der Waals surface area contributed by atoms with E-state index in [2.05, 4.69) is 32.2 Å². The van der Waals surface area contributed by atoms with Crippen molar-refractivity contribution in [1.29, 1.82) is 0 Å². The second kappa shape index (κ2) is 7.52. The van der Waals surface area contributed by atoms with E-state index in [1.807, 2.05) is 27.7 Å². The Hall–Kier alpha value is -3.14. The van der Waals surface area contributed by atoms with Crippen LogP contribution in [0.4, 0.5) is 17.6 Å². The van der Waals surface area contributed by atoms with Crippen LogP contribution < -0.4 is 20.9 Å². The number of hydrogen-bond donors (Lipinski definition) is 4. The third kappa shape index (κ3) is 3.60. The third-order valence-corrected chi connectivity index (χ3v) is 6.46. The van der Waals surface area contributed by atoms with Gasteiger partial charge >= 0.3 is 0 Å². The number of H-pyrrole nitrogens is 1. The first-order chi connectivity index (χ1) is 15.2. The van der Waals surface area contributed by atoms with E-state index >= 15 is 0 Å². The molecule has 0 aromatic carbocycles. The van der Waals surface area contributed by atoms with Crippen molar-refractivity contribution in [2.45, 2.75) is 50.1 Å². The molecule has 162 valence electrons. The highest BCUT2D eigenvalue weighted by Gasteiger charge is 2.34. The number of nitrogens with one attached hydrogen (secondary N) is 4. The Labute approximate surface area is 179 Å². The summed E-state index contributed by atoms with van der Waals surface area (Å²) in [6, 6.07) is 5.94. The van der Waals surface area contributed by atoms with E-state index in [-0.39, 0.29) is 18.0 Å². The maximum atomic E-state index is 13.0. The van der Waals surface area contributed by atoms with E-state index in [1.165, 1.54) is 18.5 Å². The Bertz CT molecular complexity index is 1100. The lowest BCUT2D eigenvalue weighted by atomic mass is 10.2. The lowest BCUT2D eigenvalue weighted by Crippen LogP contribution is -2.48. The summed E-state index contributed by atoms with van der Waals surface area (Å²) in [7, 11) is 0. The van der Waals surface area contributed by atoms with Crippen LogP contribution in [0, 0.1) is 0 Å². The second-order valence-corrected chi connectivity index (χ2v) is 8.76. The van der Waals surface area contributed by atoms with Crippen molar-refractivity contribution in [3.05, 3.63) is 30.1 Å². The minimum atomic E-state index is -0.242. The quantitative estimate of drug-likeness (QED) is 0.477. The van der Waals surface area contributed by atoms with Crippen molar-refractivity contribution in [2.24, 2.45) is 0 Å². The van der Waals surface area contributed by atoms with Crippen molar-refractivity contribution in [3.8, 4) is 0 Å². The fraction of sp³-hybridized carbons (Fsp3) is 0.524. The minimum absolute atomic E-state index is 0.0679. The zero-order chi connectivity index (χ0) is 20.8. The highest BCUT2D eigenvalue weighted by Crippen LogP contribution is 2.39. The lowest BCUT2D eigenvalue weighted by molar-refractivity contribution is -0.122. The number of rotatable bonds is 6. The number of nitrogens with zero attached hydrogens (tertiary/aromatic N) is 5. The summed E-state index contributed by atoms with van der Waals surface area (Å²) in [5, 5.41) is 22.1. The zero-order valence-electron chi connectivity index (χ0n) is 17.3. The Morgan fingerprint density at radius 1 is 1.23 bits per heavy atom. The largest absolute Gasteiger partial charge is 0.350 e. The highest BCUT2D eigenvalue weighted by molar-refractivity contribution is 5.86. The molecule has 2 saturated heterocycles. The first-order valence-corrected chi connectivity index (χ1v) is 11.2. The molecule has 6 rings (SSSR count). The van der Waals surface area contributed by atoms with Crippen LogP contribution in [-0.2, 0) is 4.79 Å². The Morgan fingerprint density at radius 3 is 3.00 bits per heavy atom. The van der Waals surface area contributed by atoms with Gasteiger partial charge in [0, 0.05) is 43.0 Å². The van der Waals surface area contributed by atoms with Gasteiger partial charge in [0.15, 0.2) is 11.6 Å². The van der Waals surface area contributed by atoms with Crippen LogP contribution in [0.5, 0.6) is 0 Å². The molecule has 31 heavy (non-hydrogen) atoms. The number of anilines is 3. The van der Waals surface area contributed by atoms with Crippen molar-refractivity contribution >= 4 is 29.0 Å². The van der Waals surface area contributed by atoms with Gasteiger partial charge in [-0.3, -0.25) is 9.89 Å². The molecule has 3 aromatic heterocycles. The summed E-state index contributed by atoms with van der Waals surface area (Å²) >= 11 is 0. The summed E-state index contributed by atoms with van der Waals surface area (Å²) in [4.78, 5) is 19.8. The summed E-state index contributed by atoms with van der Waals surface area (Å²) in [5.74, 6) is 2.68. The van der Waals surface area contributed by atoms with Crippen molar-refractivity contribution < 1.29 is 4.79 Å². The van der Waals surface area contributed by atoms with E-state index < -0.39 is 0 Å². The molecule has 1 aliphatic carbocycles. The van der Waals surface area contributed by atoms with Crippen molar-refractivity contribution in [3.63, 3.8) is 0 Å². The summed E-state index contributed by atoms with van der Waals surface area (Å²) in [5.41, 5.74) is 2.04. The minimum Gasteiger partial charge on any atom is -0.350 e.